The van der Waals surface area contributed by atoms with Gasteiger partial charge in [-0.2, -0.15) is 0 Å². The van der Waals surface area contributed by atoms with E-state index in [0.29, 0.717) is 12.8 Å². The van der Waals surface area contributed by atoms with Crippen LogP contribution in [-0.4, -0.2) is 48.0 Å². The quantitative estimate of drug-likeness (QED) is 0.329. The van der Waals surface area contributed by atoms with Gasteiger partial charge < -0.3 is 30.6 Å². The zero-order valence-electron chi connectivity index (χ0n) is 9.51. The summed E-state index contributed by atoms with van der Waals surface area (Å²) in [5, 5.41) is 57.1. The lowest BCUT2D eigenvalue weighted by Gasteiger charge is -2.54. The molecule has 0 atom stereocenters. The topological polar surface area (TPSA) is 121 Å². The van der Waals surface area contributed by atoms with Gasteiger partial charge in [-0.15, -0.1) is 0 Å². The molecule has 0 heterocycles. The van der Waals surface area contributed by atoms with Gasteiger partial charge in [-0.25, -0.2) is 0 Å². The summed E-state index contributed by atoms with van der Waals surface area (Å²) in [7, 11) is 0. The molecular weight excluding hydrogens is 216 g/mol. The van der Waals surface area contributed by atoms with E-state index < -0.39 is 22.8 Å². The summed E-state index contributed by atoms with van der Waals surface area (Å²) < 4.78 is 0. The maximum absolute atomic E-state index is 9.57. The van der Waals surface area contributed by atoms with Crippen LogP contribution in [0.3, 0.4) is 0 Å². The van der Waals surface area contributed by atoms with E-state index in [9.17, 15) is 30.6 Å². The molecule has 0 aromatic rings. The lowest BCUT2D eigenvalue weighted by atomic mass is 9.63. The molecule has 0 spiro atoms. The van der Waals surface area contributed by atoms with Crippen LogP contribution in [-0.2, 0) is 0 Å². The van der Waals surface area contributed by atoms with Crippen LogP contribution in [0.4, 0.5) is 0 Å². The van der Waals surface area contributed by atoms with Crippen molar-refractivity contribution in [2.45, 2.75) is 56.9 Å². The molecule has 1 aliphatic rings. The molecule has 0 saturated heterocycles. The first-order valence-electron chi connectivity index (χ1n) is 5.38. The normalized spacial score (nSPS) is 30.0. The molecule has 0 aromatic heterocycles. The van der Waals surface area contributed by atoms with E-state index in [4.69, 9.17) is 0 Å². The van der Waals surface area contributed by atoms with Crippen molar-refractivity contribution in [3.8, 4) is 0 Å². The maximum Gasteiger partial charge on any atom is 0.274 e. The monoisotopic (exact) mass is 236 g/mol. The molecular formula is C10H20O6. The highest BCUT2D eigenvalue weighted by Crippen LogP contribution is 2.52. The fraction of sp³-hybridized carbons (Fsp3) is 1.00. The summed E-state index contributed by atoms with van der Waals surface area (Å²) in [6.07, 6.45) is 0.322. The zero-order chi connectivity index (χ0) is 12.8. The first-order valence-corrected chi connectivity index (χ1v) is 5.38. The molecule has 0 amide bonds. The molecule has 16 heavy (non-hydrogen) atoms. The van der Waals surface area contributed by atoms with Crippen LogP contribution < -0.4 is 0 Å². The molecule has 0 unspecified atom stereocenters. The Morgan fingerprint density at radius 1 is 0.750 bits per heavy atom. The molecule has 1 fully saturated rings. The minimum absolute atomic E-state index is 0.317. The van der Waals surface area contributed by atoms with Gasteiger partial charge in [-0.3, -0.25) is 0 Å². The van der Waals surface area contributed by atoms with E-state index >= 15 is 0 Å². The minimum Gasteiger partial charge on any atom is -0.361 e. The van der Waals surface area contributed by atoms with Gasteiger partial charge in [0.25, 0.3) is 5.79 Å². The SMILES string of the molecule is CCC1(CC)CC(O)(O)C(O)(O)C(O)(O)C1. The van der Waals surface area contributed by atoms with E-state index in [1.807, 2.05) is 0 Å². The first kappa shape index (κ1) is 13.8. The van der Waals surface area contributed by atoms with Crippen LogP contribution >= 0.6 is 0 Å². The van der Waals surface area contributed by atoms with Gasteiger partial charge in [0.05, 0.1) is 0 Å². The molecule has 0 radical (unpaired) electrons. The Bertz CT molecular complexity index is 244. The largest absolute Gasteiger partial charge is 0.361 e. The third-order valence-corrected chi connectivity index (χ3v) is 3.86. The van der Waals surface area contributed by atoms with Crippen molar-refractivity contribution in [2.75, 3.05) is 0 Å². The van der Waals surface area contributed by atoms with Crippen LogP contribution in [0, 0.1) is 5.41 Å². The number of hydrogen-bond donors (Lipinski definition) is 6. The molecule has 0 aromatic carbocycles. The van der Waals surface area contributed by atoms with Gasteiger partial charge in [0.2, 0.25) is 11.6 Å². The van der Waals surface area contributed by atoms with Crippen molar-refractivity contribution >= 4 is 0 Å². The smallest absolute Gasteiger partial charge is 0.274 e. The van der Waals surface area contributed by atoms with Gasteiger partial charge in [-0.1, -0.05) is 26.7 Å². The fourth-order valence-corrected chi connectivity index (χ4v) is 2.43. The third kappa shape index (κ3) is 1.75. The second kappa shape index (κ2) is 3.63. The fourth-order valence-electron chi connectivity index (χ4n) is 2.43. The molecule has 1 aliphatic carbocycles. The molecule has 6 N–H and O–H groups in total. The summed E-state index contributed by atoms with van der Waals surface area (Å²) in [5.74, 6) is -9.24. The van der Waals surface area contributed by atoms with Crippen molar-refractivity contribution in [1.82, 2.24) is 0 Å². The average Bonchev–Trinajstić information content (AvgIpc) is 2.13. The van der Waals surface area contributed by atoms with Crippen LogP contribution in [0.5, 0.6) is 0 Å². The van der Waals surface area contributed by atoms with E-state index in [0.717, 1.165) is 0 Å². The second-order valence-electron chi connectivity index (χ2n) is 4.87. The Morgan fingerprint density at radius 2 is 1.06 bits per heavy atom. The summed E-state index contributed by atoms with van der Waals surface area (Å²) in [6, 6.07) is 0. The molecule has 1 saturated carbocycles. The molecule has 96 valence electrons. The van der Waals surface area contributed by atoms with Crippen LogP contribution in [0.1, 0.15) is 39.5 Å². The second-order valence-corrected chi connectivity index (χ2v) is 4.87. The van der Waals surface area contributed by atoms with Crippen LogP contribution in [0.25, 0.3) is 0 Å². The van der Waals surface area contributed by atoms with Crippen LogP contribution in [0.15, 0.2) is 0 Å². The first-order chi connectivity index (χ1) is 7.04. The predicted octanol–water partition coefficient (Wildman–Crippen LogP) is -1.37. The van der Waals surface area contributed by atoms with E-state index in [2.05, 4.69) is 0 Å². The highest BCUT2D eigenvalue weighted by Gasteiger charge is 2.68. The highest BCUT2D eigenvalue weighted by atomic mass is 16.7. The standard InChI is InChI=1S/C10H20O6/c1-3-7(4-2)5-8(11,12)10(15,16)9(13,14)6-7/h11-16H,3-6H2,1-2H3. The van der Waals surface area contributed by atoms with Crippen LogP contribution in [0.2, 0.25) is 0 Å². The zero-order valence-corrected chi connectivity index (χ0v) is 9.51. The van der Waals surface area contributed by atoms with Gasteiger partial charge in [0, 0.05) is 12.8 Å². The molecule has 6 nitrogen and oxygen atoms in total. The summed E-state index contributed by atoms with van der Waals surface area (Å²) in [5.41, 5.74) is -0.734. The van der Waals surface area contributed by atoms with Crippen molar-refractivity contribution in [2.24, 2.45) is 5.41 Å². The Hall–Kier alpha value is -0.240. The average molecular weight is 236 g/mol. The van der Waals surface area contributed by atoms with E-state index in [1.165, 1.54) is 0 Å². The Balaban J connectivity index is 3.17. The molecule has 6 heteroatoms. The number of hydrogen-bond acceptors (Lipinski definition) is 6. The van der Waals surface area contributed by atoms with Crippen molar-refractivity contribution in [3.63, 3.8) is 0 Å². The number of rotatable bonds is 2. The Kier molecular flexibility index (Phi) is 3.13. The Labute approximate surface area is 93.8 Å². The summed E-state index contributed by atoms with van der Waals surface area (Å²) in [6.45, 7) is 3.55. The maximum atomic E-state index is 9.57. The predicted molar refractivity (Wildman–Crippen MR) is 53.8 cm³/mol. The third-order valence-electron chi connectivity index (χ3n) is 3.86. The molecule has 0 aliphatic heterocycles. The van der Waals surface area contributed by atoms with Crippen molar-refractivity contribution in [3.05, 3.63) is 0 Å². The minimum atomic E-state index is -3.35. The van der Waals surface area contributed by atoms with E-state index in [1.54, 1.807) is 13.8 Å². The van der Waals surface area contributed by atoms with Gasteiger partial charge in [0.1, 0.15) is 0 Å². The summed E-state index contributed by atoms with van der Waals surface area (Å²) in [4.78, 5) is 0. The Morgan fingerprint density at radius 3 is 1.31 bits per heavy atom. The highest BCUT2D eigenvalue weighted by molar-refractivity contribution is 5.05. The van der Waals surface area contributed by atoms with Gasteiger partial charge in [0.15, 0.2) is 0 Å². The molecule has 0 bridgehead atoms. The lowest BCUT2D eigenvalue weighted by molar-refractivity contribution is -0.479. The lowest BCUT2D eigenvalue weighted by Crippen LogP contribution is -2.73. The van der Waals surface area contributed by atoms with E-state index in [-0.39, 0.29) is 12.8 Å². The molecule has 1 rings (SSSR count). The van der Waals surface area contributed by atoms with Gasteiger partial charge in [-0.05, 0) is 5.41 Å². The number of aliphatic hydroxyl groups is 6. The van der Waals surface area contributed by atoms with Crippen molar-refractivity contribution in [1.29, 1.82) is 0 Å². The summed E-state index contributed by atoms with van der Waals surface area (Å²) >= 11 is 0. The van der Waals surface area contributed by atoms with Gasteiger partial charge >= 0.3 is 0 Å². The van der Waals surface area contributed by atoms with Crippen molar-refractivity contribution < 1.29 is 30.6 Å².